The van der Waals surface area contributed by atoms with Crippen LogP contribution in [0.1, 0.15) is 19.8 Å². The third-order valence-corrected chi connectivity index (χ3v) is 1.18. The fourth-order valence-electron chi connectivity index (χ4n) is 0.459. The predicted octanol–water partition coefficient (Wildman–Crippen LogP) is 1.25. The molecule has 2 nitrogen and oxygen atoms in total. The van der Waals surface area contributed by atoms with Crippen molar-refractivity contribution in [2.75, 3.05) is 0 Å². The fraction of sp³-hybridized carbons (Fsp3) is 0.571. The van der Waals surface area contributed by atoms with Crippen LogP contribution in [0.15, 0.2) is 5.16 Å². The van der Waals surface area contributed by atoms with Gasteiger partial charge in [0.1, 0.15) is 5.71 Å². The lowest BCUT2D eigenvalue weighted by Gasteiger charge is -1.77. The molecule has 9 heavy (non-hydrogen) atoms. The van der Waals surface area contributed by atoms with Crippen molar-refractivity contribution in [2.24, 2.45) is 11.1 Å². The molecular formula is C7H9NO. The minimum absolute atomic E-state index is 0.502. The summed E-state index contributed by atoms with van der Waals surface area (Å²) in [5, 5.41) is 11.1. The maximum absolute atomic E-state index is 8.15. The van der Waals surface area contributed by atoms with Gasteiger partial charge in [-0.2, -0.15) is 0 Å². The lowest BCUT2D eigenvalue weighted by Crippen LogP contribution is -1.83. The van der Waals surface area contributed by atoms with Crippen molar-refractivity contribution in [3.8, 4) is 11.8 Å². The molecule has 0 heterocycles. The van der Waals surface area contributed by atoms with E-state index in [1.165, 1.54) is 12.8 Å². The normalized spacial score (nSPS) is 18.6. The zero-order valence-electron chi connectivity index (χ0n) is 5.39. The first-order valence-electron chi connectivity index (χ1n) is 3.03. The molecule has 1 fully saturated rings. The van der Waals surface area contributed by atoms with E-state index >= 15 is 0 Å². The average molecular weight is 123 g/mol. The molecule has 0 radical (unpaired) electrons. The zero-order valence-corrected chi connectivity index (χ0v) is 5.39. The van der Waals surface area contributed by atoms with Crippen LogP contribution in [0.5, 0.6) is 0 Å². The zero-order chi connectivity index (χ0) is 6.69. The van der Waals surface area contributed by atoms with Gasteiger partial charge in [0.05, 0.1) is 0 Å². The second-order valence-electron chi connectivity index (χ2n) is 2.23. The molecule has 0 saturated heterocycles. The Morgan fingerprint density at radius 1 is 1.67 bits per heavy atom. The van der Waals surface area contributed by atoms with Gasteiger partial charge in [-0.15, -0.1) is 0 Å². The molecule has 48 valence electrons. The van der Waals surface area contributed by atoms with Crippen LogP contribution < -0.4 is 0 Å². The fourth-order valence-corrected chi connectivity index (χ4v) is 0.459. The quantitative estimate of drug-likeness (QED) is 0.223. The molecule has 0 spiro atoms. The Morgan fingerprint density at radius 2 is 2.33 bits per heavy atom. The van der Waals surface area contributed by atoms with Gasteiger partial charge in [-0.25, -0.2) is 0 Å². The third-order valence-electron chi connectivity index (χ3n) is 1.18. The van der Waals surface area contributed by atoms with E-state index in [0.29, 0.717) is 11.6 Å². The van der Waals surface area contributed by atoms with Gasteiger partial charge < -0.3 is 5.21 Å². The van der Waals surface area contributed by atoms with Crippen molar-refractivity contribution in [3.63, 3.8) is 0 Å². The first-order chi connectivity index (χ1) is 4.33. The van der Waals surface area contributed by atoms with E-state index in [9.17, 15) is 0 Å². The second-order valence-corrected chi connectivity index (χ2v) is 2.23. The van der Waals surface area contributed by atoms with Gasteiger partial charge in [-0.05, 0) is 25.7 Å². The number of hydrogen-bond acceptors (Lipinski definition) is 2. The molecule has 0 unspecified atom stereocenters. The van der Waals surface area contributed by atoms with Crippen molar-refractivity contribution < 1.29 is 5.21 Å². The van der Waals surface area contributed by atoms with Gasteiger partial charge in [-0.3, -0.25) is 0 Å². The molecule has 1 aliphatic rings. The Kier molecular flexibility index (Phi) is 1.74. The highest BCUT2D eigenvalue weighted by atomic mass is 16.4. The van der Waals surface area contributed by atoms with Gasteiger partial charge >= 0.3 is 0 Å². The lowest BCUT2D eigenvalue weighted by molar-refractivity contribution is 0.319. The van der Waals surface area contributed by atoms with Crippen LogP contribution in [0.4, 0.5) is 0 Å². The maximum atomic E-state index is 8.15. The smallest absolute Gasteiger partial charge is 0.126 e. The van der Waals surface area contributed by atoms with Gasteiger partial charge in [0.2, 0.25) is 0 Å². The summed E-state index contributed by atoms with van der Waals surface area (Å²) in [5.74, 6) is 6.30. The molecule has 1 N–H and O–H groups in total. The molecule has 1 aliphatic carbocycles. The minimum atomic E-state index is 0.502. The third kappa shape index (κ3) is 2.18. The van der Waals surface area contributed by atoms with E-state index in [0.717, 1.165) is 0 Å². The summed E-state index contributed by atoms with van der Waals surface area (Å²) in [7, 11) is 0. The van der Waals surface area contributed by atoms with E-state index in [4.69, 9.17) is 5.21 Å². The second kappa shape index (κ2) is 2.54. The van der Waals surface area contributed by atoms with Crippen molar-refractivity contribution >= 4 is 5.71 Å². The minimum Gasteiger partial charge on any atom is -0.410 e. The van der Waals surface area contributed by atoms with E-state index in [2.05, 4.69) is 17.0 Å². The highest BCUT2D eigenvalue weighted by Gasteiger charge is 2.17. The molecule has 0 aliphatic heterocycles. The largest absolute Gasteiger partial charge is 0.410 e. The number of hydrogen-bond donors (Lipinski definition) is 1. The van der Waals surface area contributed by atoms with Crippen LogP contribution >= 0.6 is 0 Å². The molecule has 0 amide bonds. The van der Waals surface area contributed by atoms with E-state index in [1.807, 2.05) is 0 Å². The predicted molar refractivity (Wildman–Crippen MR) is 35.4 cm³/mol. The Bertz CT molecular complexity index is 181. The maximum Gasteiger partial charge on any atom is 0.126 e. The first-order valence-corrected chi connectivity index (χ1v) is 3.03. The van der Waals surface area contributed by atoms with Crippen molar-refractivity contribution in [3.05, 3.63) is 0 Å². The summed E-state index contributed by atoms with van der Waals surface area (Å²) in [6, 6.07) is 0. The van der Waals surface area contributed by atoms with Gasteiger partial charge in [0.15, 0.2) is 0 Å². The monoisotopic (exact) mass is 123 g/mol. The highest BCUT2D eigenvalue weighted by Crippen LogP contribution is 2.27. The van der Waals surface area contributed by atoms with Crippen molar-refractivity contribution in [1.29, 1.82) is 0 Å². The molecule has 2 heteroatoms. The molecular weight excluding hydrogens is 114 g/mol. The Morgan fingerprint density at radius 3 is 2.78 bits per heavy atom. The van der Waals surface area contributed by atoms with Crippen LogP contribution in [0.3, 0.4) is 0 Å². The summed E-state index contributed by atoms with van der Waals surface area (Å²) in [6.07, 6.45) is 2.43. The number of oxime groups is 1. The summed E-state index contributed by atoms with van der Waals surface area (Å²) in [5.41, 5.74) is 0.502. The topological polar surface area (TPSA) is 32.6 Å². The summed E-state index contributed by atoms with van der Waals surface area (Å²) >= 11 is 0. The summed E-state index contributed by atoms with van der Waals surface area (Å²) < 4.78 is 0. The molecule has 0 bridgehead atoms. The summed E-state index contributed by atoms with van der Waals surface area (Å²) in [6.45, 7) is 1.69. The molecule has 0 aromatic heterocycles. The first kappa shape index (κ1) is 6.15. The van der Waals surface area contributed by atoms with Gasteiger partial charge in [0, 0.05) is 5.92 Å². The Balaban J connectivity index is 2.39. The van der Waals surface area contributed by atoms with E-state index in [1.54, 1.807) is 6.92 Å². The van der Waals surface area contributed by atoms with E-state index < -0.39 is 0 Å². The van der Waals surface area contributed by atoms with Crippen LogP contribution in [0.25, 0.3) is 0 Å². The Labute approximate surface area is 54.6 Å². The summed E-state index contributed by atoms with van der Waals surface area (Å²) in [4.78, 5) is 0. The van der Waals surface area contributed by atoms with Crippen LogP contribution in [0, 0.1) is 17.8 Å². The van der Waals surface area contributed by atoms with Crippen molar-refractivity contribution in [2.45, 2.75) is 19.8 Å². The highest BCUT2D eigenvalue weighted by molar-refractivity contribution is 5.97. The Hall–Kier alpha value is -0.970. The molecule has 0 atom stereocenters. The standard InChI is InChI=1S/C7H9NO/c1-6(8-9)2-3-7-4-5-7/h7,9H,4-5H2,1H3. The molecule has 1 saturated carbocycles. The lowest BCUT2D eigenvalue weighted by atomic mass is 10.3. The van der Waals surface area contributed by atoms with Crippen molar-refractivity contribution in [1.82, 2.24) is 0 Å². The average Bonchev–Trinajstić information content (AvgIpc) is 2.65. The molecule has 0 aromatic rings. The van der Waals surface area contributed by atoms with Gasteiger partial charge in [0.25, 0.3) is 0 Å². The van der Waals surface area contributed by atoms with Crippen LogP contribution in [0.2, 0.25) is 0 Å². The van der Waals surface area contributed by atoms with E-state index in [-0.39, 0.29) is 0 Å². The molecule has 0 aromatic carbocycles. The van der Waals surface area contributed by atoms with Crippen LogP contribution in [-0.4, -0.2) is 10.9 Å². The number of rotatable bonds is 0. The van der Waals surface area contributed by atoms with Gasteiger partial charge in [-0.1, -0.05) is 11.1 Å². The van der Waals surface area contributed by atoms with Crippen LogP contribution in [-0.2, 0) is 0 Å². The SMILES string of the molecule is CC(C#CC1CC1)=NO. The molecule has 1 rings (SSSR count). The number of nitrogens with zero attached hydrogens (tertiary/aromatic N) is 1.